The minimum absolute atomic E-state index is 0.0911. The first-order valence-corrected chi connectivity index (χ1v) is 9.58. The second-order valence-electron chi connectivity index (χ2n) is 8.23. The van der Waals surface area contributed by atoms with E-state index in [1.807, 2.05) is 0 Å². The SMILES string of the molecule is O=C(O)Cc1ccc(NC(=O)CN2C(=O)[C@@H]3[C@H]4C=C[C@@H]([C@@H]5C[C@@H]45)[C@H]3C2=O)cc1. The number of carbonyl (C=O) groups is 4. The number of amides is 3. The van der Waals surface area contributed by atoms with Crippen molar-refractivity contribution in [2.45, 2.75) is 12.8 Å². The van der Waals surface area contributed by atoms with Crippen LogP contribution in [-0.4, -0.2) is 40.2 Å². The number of likely N-dealkylation sites (tertiary alicyclic amines) is 1. The van der Waals surface area contributed by atoms with Crippen molar-refractivity contribution < 1.29 is 24.3 Å². The van der Waals surface area contributed by atoms with Crippen LogP contribution in [0.2, 0.25) is 0 Å². The van der Waals surface area contributed by atoms with Crippen LogP contribution in [-0.2, 0) is 25.6 Å². The van der Waals surface area contributed by atoms with Crippen LogP contribution < -0.4 is 5.32 Å². The maximum Gasteiger partial charge on any atom is 0.307 e. The molecule has 3 amide bonds. The Hall–Kier alpha value is -2.96. The van der Waals surface area contributed by atoms with Crippen molar-refractivity contribution in [3.8, 4) is 0 Å². The van der Waals surface area contributed by atoms with E-state index in [1.54, 1.807) is 24.3 Å². The van der Waals surface area contributed by atoms with Gasteiger partial charge in [-0.3, -0.25) is 24.1 Å². The Morgan fingerprint density at radius 2 is 1.57 bits per heavy atom. The van der Waals surface area contributed by atoms with E-state index < -0.39 is 11.9 Å². The monoisotopic (exact) mass is 380 g/mol. The molecule has 0 spiro atoms. The van der Waals surface area contributed by atoms with Crippen molar-refractivity contribution in [1.82, 2.24) is 4.90 Å². The molecule has 7 heteroatoms. The molecule has 0 radical (unpaired) electrons. The third-order valence-corrected chi connectivity index (χ3v) is 6.65. The van der Waals surface area contributed by atoms with E-state index in [9.17, 15) is 19.2 Å². The standard InChI is InChI=1S/C21H20N2O5/c24-16(22-11-3-1-10(2-4-11)7-17(25)26)9-23-20(27)18-12-5-6-13(15-8-14(12)15)19(18)21(23)28/h1-6,12-15,18-19H,7-9H2,(H,22,24)(H,25,26)/t12-,13-,14-,15-,18+,19+/m0/s1. The molecule has 2 bridgehead atoms. The van der Waals surface area contributed by atoms with Crippen LogP contribution in [0, 0.1) is 35.5 Å². The quantitative estimate of drug-likeness (QED) is 0.592. The molecule has 28 heavy (non-hydrogen) atoms. The lowest BCUT2D eigenvalue weighted by atomic mass is 9.63. The van der Waals surface area contributed by atoms with Gasteiger partial charge < -0.3 is 10.4 Å². The predicted octanol–water partition coefficient (Wildman–Crippen LogP) is 1.31. The molecule has 5 aliphatic rings. The summed E-state index contributed by atoms with van der Waals surface area (Å²) in [5, 5.41) is 11.5. The molecule has 3 fully saturated rings. The van der Waals surface area contributed by atoms with E-state index in [0.717, 1.165) is 11.3 Å². The van der Waals surface area contributed by atoms with E-state index in [0.29, 0.717) is 23.1 Å². The van der Waals surface area contributed by atoms with E-state index in [4.69, 9.17) is 5.11 Å². The molecule has 7 nitrogen and oxygen atoms in total. The second-order valence-corrected chi connectivity index (χ2v) is 8.23. The first-order valence-electron chi connectivity index (χ1n) is 9.58. The molecule has 0 unspecified atom stereocenters. The number of rotatable bonds is 5. The summed E-state index contributed by atoms with van der Waals surface area (Å²) in [5.41, 5.74) is 1.12. The van der Waals surface area contributed by atoms with Gasteiger partial charge in [0.1, 0.15) is 6.54 Å². The minimum atomic E-state index is -0.926. The Morgan fingerprint density at radius 3 is 2.11 bits per heavy atom. The molecule has 0 aromatic heterocycles. The van der Waals surface area contributed by atoms with Crippen molar-refractivity contribution in [3.63, 3.8) is 0 Å². The Balaban J connectivity index is 1.25. The molecule has 1 aliphatic heterocycles. The van der Waals surface area contributed by atoms with Gasteiger partial charge >= 0.3 is 5.97 Å². The summed E-state index contributed by atoms with van der Waals surface area (Å²) >= 11 is 0. The Morgan fingerprint density at radius 1 is 1.00 bits per heavy atom. The number of carboxylic acid groups (broad SMARTS) is 1. The van der Waals surface area contributed by atoms with Gasteiger partial charge in [0, 0.05) is 5.69 Å². The zero-order valence-corrected chi connectivity index (χ0v) is 15.1. The normalized spacial score (nSPS) is 34.2. The summed E-state index contributed by atoms with van der Waals surface area (Å²) in [7, 11) is 0. The second kappa shape index (κ2) is 6.02. The van der Waals surface area contributed by atoms with Crippen LogP contribution in [0.3, 0.4) is 0 Å². The number of hydrogen-bond acceptors (Lipinski definition) is 4. The first-order chi connectivity index (χ1) is 13.4. The molecule has 1 aromatic rings. The number of allylic oxidation sites excluding steroid dienone is 2. The van der Waals surface area contributed by atoms with Gasteiger partial charge in [0.2, 0.25) is 17.7 Å². The lowest BCUT2D eigenvalue weighted by Crippen LogP contribution is -2.40. The zero-order chi connectivity index (χ0) is 19.6. The topological polar surface area (TPSA) is 104 Å². The van der Waals surface area contributed by atoms with Crippen LogP contribution in [0.5, 0.6) is 0 Å². The molecule has 4 aliphatic carbocycles. The van der Waals surface area contributed by atoms with Crippen molar-refractivity contribution >= 4 is 29.4 Å². The molecule has 144 valence electrons. The van der Waals surface area contributed by atoms with Crippen molar-refractivity contribution in [1.29, 1.82) is 0 Å². The number of carbonyl (C=O) groups excluding carboxylic acids is 3. The Bertz CT molecular complexity index is 885. The maximum atomic E-state index is 12.9. The number of imide groups is 1. The smallest absolute Gasteiger partial charge is 0.307 e. The molecule has 2 N–H and O–H groups in total. The van der Waals surface area contributed by atoms with Crippen molar-refractivity contribution in [3.05, 3.63) is 42.0 Å². The number of benzene rings is 1. The van der Waals surface area contributed by atoms with Crippen LogP contribution in [0.15, 0.2) is 36.4 Å². The van der Waals surface area contributed by atoms with Gasteiger partial charge in [-0.25, -0.2) is 0 Å². The summed E-state index contributed by atoms with van der Waals surface area (Å²) in [6, 6.07) is 6.47. The van der Waals surface area contributed by atoms with Gasteiger partial charge in [0.15, 0.2) is 0 Å². The summed E-state index contributed by atoms with van der Waals surface area (Å²) in [5.74, 6) is -1.03. The number of aliphatic carboxylic acids is 1. The van der Waals surface area contributed by atoms with Gasteiger partial charge in [0.25, 0.3) is 0 Å². The molecule has 2 saturated carbocycles. The van der Waals surface area contributed by atoms with E-state index in [2.05, 4.69) is 17.5 Å². The third-order valence-electron chi connectivity index (χ3n) is 6.65. The molecular formula is C21H20N2O5. The van der Waals surface area contributed by atoms with Gasteiger partial charge in [-0.1, -0.05) is 24.3 Å². The number of nitrogens with zero attached hydrogens (tertiary/aromatic N) is 1. The molecule has 6 atom stereocenters. The summed E-state index contributed by atoms with van der Waals surface area (Å²) in [6.07, 6.45) is 5.22. The summed E-state index contributed by atoms with van der Waals surface area (Å²) in [4.78, 5) is 50.0. The van der Waals surface area contributed by atoms with Gasteiger partial charge in [-0.05, 0) is 47.8 Å². The first kappa shape index (κ1) is 17.2. The average Bonchev–Trinajstić information content (AvgIpc) is 3.44. The fourth-order valence-corrected chi connectivity index (χ4v) is 5.40. The zero-order valence-electron chi connectivity index (χ0n) is 15.1. The number of anilines is 1. The molecule has 1 aromatic carbocycles. The Kier molecular flexibility index (Phi) is 3.69. The highest BCUT2D eigenvalue weighted by Gasteiger charge is 2.67. The van der Waals surface area contributed by atoms with Gasteiger partial charge in [0.05, 0.1) is 18.3 Å². The number of hydrogen-bond donors (Lipinski definition) is 2. The van der Waals surface area contributed by atoms with Crippen molar-refractivity contribution in [2.24, 2.45) is 35.5 Å². The fraction of sp³-hybridized carbons (Fsp3) is 0.429. The number of nitrogens with one attached hydrogen (secondary N) is 1. The van der Waals surface area contributed by atoms with Crippen LogP contribution in [0.25, 0.3) is 0 Å². The molecule has 6 rings (SSSR count). The molecular weight excluding hydrogens is 360 g/mol. The highest BCUT2D eigenvalue weighted by atomic mass is 16.4. The highest BCUT2D eigenvalue weighted by molar-refractivity contribution is 6.09. The fourth-order valence-electron chi connectivity index (χ4n) is 5.40. The van der Waals surface area contributed by atoms with E-state index >= 15 is 0 Å². The third kappa shape index (κ3) is 2.57. The Labute approximate surface area is 161 Å². The maximum absolute atomic E-state index is 12.9. The van der Waals surface area contributed by atoms with Crippen LogP contribution in [0.4, 0.5) is 5.69 Å². The lowest BCUT2D eigenvalue weighted by molar-refractivity contribution is -0.143. The highest BCUT2D eigenvalue weighted by Crippen LogP contribution is 2.65. The van der Waals surface area contributed by atoms with Gasteiger partial charge in [-0.15, -0.1) is 0 Å². The largest absolute Gasteiger partial charge is 0.481 e. The van der Waals surface area contributed by atoms with Crippen molar-refractivity contribution in [2.75, 3.05) is 11.9 Å². The lowest BCUT2D eigenvalue weighted by Gasteiger charge is -2.37. The average molecular weight is 380 g/mol. The minimum Gasteiger partial charge on any atom is -0.481 e. The summed E-state index contributed by atoms with van der Waals surface area (Å²) in [6.45, 7) is -0.281. The van der Waals surface area contributed by atoms with Crippen LogP contribution >= 0.6 is 0 Å². The number of carboxylic acids is 1. The summed E-state index contributed by atoms with van der Waals surface area (Å²) < 4.78 is 0. The molecule has 1 saturated heterocycles. The van der Waals surface area contributed by atoms with E-state index in [-0.39, 0.29) is 48.5 Å². The van der Waals surface area contributed by atoms with E-state index in [1.165, 1.54) is 0 Å². The van der Waals surface area contributed by atoms with Gasteiger partial charge in [-0.2, -0.15) is 0 Å². The van der Waals surface area contributed by atoms with Crippen LogP contribution in [0.1, 0.15) is 12.0 Å². The predicted molar refractivity (Wildman–Crippen MR) is 97.8 cm³/mol. The molecule has 1 heterocycles.